The highest BCUT2D eigenvalue weighted by molar-refractivity contribution is 7.89. The van der Waals surface area contributed by atoms with E-state index in [9.17, 15) is 22.4 Å². The van der Waals surface area contributed by atoms with Gasteiger partial charge in [0.1, 0.15) is 5.82 Å². The van der Waals surface area contributed by atoms with Crippen LogP contribution in [0.3, 0.4) is 0 Å². The van der Waals surface area contributed by atoms with E-state index < -0.39 is 28.3 Å². The molecule has 4 rings (SSSR count). The van der Waals surface area contributed by atoms with Crippen molar-refractivity contribution in [1.82, 2.24) is 4.31 Å². The van der Waals surface area contributed by atoms with Crippen molar-refractivity contribution < 1.29 is 22.4 Å². The highest BCUT2D eigenvalue weighted by Gasteiger charge is 2.27. The smallest absolute Gasteiger partial charge is 0.243 e. The maximum Gasteiger partial charge on any atom is 0.243 e. The van der Waals surface area contributed by atoms with E-state index in [0.29, 0.717) is 16.1 Å². The zero-order valence-corrected chi connectivity index (χ0v) is 22.0. The van der Waals surface area contributed by atoms with Gasteiger partial charge in [-0.05, 0) is 55.0 Å². The van der Waals surface area contributed by atoms with Gasteiger partial charge in [-0.3, -0.25) is 9.59 Å². The van der Waals surface area contributed by atoms with E-state index in [-0.39, 0.29) is 28.5 Å². The fourth-order valence-corrected chi connectivity index (χ4v) is 5.34. The second-order valence-corrected chi connectivity index (χ2v) is 11.0. The minimum atomic E-state index is -4.10. The summed E-state index contributed by atoms with van der Waals surface area (Å²) in [6, 6.07) is 24.6. The van der Waals surface area contributed by atoms with E-state index in [1.54, 1.807) is 42.5 Å². The summed E-state index contributed by atoms with van der Waals surface area (Å²) >= 11 is 6.13. The molecule has 4 aromatic carbocycles. The van der Waals surface area contributed by atoms with Gasteiger partial charge in [-0.25, -0.2) is 12.8 Å². The number of hydrogen-bond donors (Lipinski definition) is 1. The number of sulfonamides is 1. The topological polar surface area (TPSA) is 83.6 Å². The number of anilines is 1. The molecule has 38 heavy (non-hydrogen) atoms. The molecule has 1 amide bonds. The predicted molar refractivity (Wildman–Crippen MR) is 145 cm³/mol. The van der Waals surface area contributed by atoms with Gasteiger partial charge in [-0.1, -0.05) is 71.8 Å². The molecule has 9 heteroatoms. The number of nitrogens with zero attached hydrogens (tertiary/aromatic N) is 1. The van der Waals surface area contributed by atoms with Crippen LogP contribution in [0.15, 0.2) is 102 Å². The first kappa shape index (κ1) is 27.2. The Morgan fingerprint density at radius 1 is 0.895 bits per heavy atom. The number of hydrogen-bond acceptors (Lipinski definition) is 4. The lowest BCUT2D eigenvalue weighted by Gasteiger charge is -2.22. The largest absolute Gasteiger partial charge is 0.324 e. The molecule has 194 valence electrons. The maximum absolute atomic E-state index is 13.5. The fraction of sp³-hybridized carbons (Fsp3) is 0.103. The average Bonchev–Trinajstić information content (AvgIpc) is 2.91. The Labute approximate surface area is 225 Å². The summed E-state index contributed by atoms with van der Waals surface area (Å²) in [6.07, 6.45) is 0. The second kappa shape index (κ2) is 11.7. The van der Waals surface area contributed by atoms with E-state index in [4.69, 9.17) is 11.6 Å². The zero-order chi connectivity index (χ0) is 27.3. The van der Waals surface area contributed by atoms with E-state index in [1.165, 1.54) is 54.6 Å². The second-order valence-electron chi connectivity index (χ2n) is 8.65. The number of carbonyl (C=O) groups excluding carboxylic acids is 2. The SMILES string of the molecule is Cc1ccc(S(=O)(=O)N(CC(=O)Nc2ccc(Cl)cc2C(=O)c2ccccc2)Cc2ccc(F)cc2)cc1. The number of benzene rings is 4. The molecule has 0 bridgehead atoms. The highest BCUT2D eigenvalue weighted by Crippen LogP contribution is 2.25. The summed E-state index contributed by atoms with van der Waals surface area (Å²) < 4.78 is 41.5. The van der Waals surface area contributed by atoms with Crippen molar-refractivity contribution >= 4 is 39.0 Å². The van der Waals surface area contributed by atoms with Gasteiger partial charge < -0.3 is 5.32 Å². The van der Waals surface area contributed by atoms with Gasteiger partial charge in [0.25, 0.3) is 0 Å². The molecule has 4 aromatic rings. The quantitative estimate of drug-likeness (QED) is 0.265. The van der Waals surface area contributed by atoms with E-state index >= 15 is 0 Å². The minimum Gasteiger partial charge on any atom is -0.324 e. The molecule has 6 nitrogen and oxygen atoms in total. The molecule has 0 saturated carbocycles. The van der Waals surface area contributed by atoms with Crippen molar-refractivity contribution in [3.05, 3.63) is 130 Å². The van der Waals surface area contributed by atoms with Gasteiger partial charge >= 0.3 is 0 Å². The van der Waals surface area contributed by atoms with Gasteiger partial charge in [0.05, 0.1) is 17.1 Å². The molecular formula is C29H24ClFN2O4S. The molecule has 0 saturated heterocycles. The maximum atomic E-state index is 13.5. The van der Waals surface area contributed by atoms with Crippen LogP contribution < -0.4 is 5.32 Å². The lowest BCUT2D eigenvalue weighted by molar-refractivity contribution is -0.116. The predicted octanol–water partition coefficient (Wildman–Crippen LogP) is 5.85. The molecule has 1 N–H and O–H groups in total. The van der Waals surface area contributed by atoms with Crippen LogP contribution >= 0.6 is 11.6 Å². The Morgan fingerprint density at radius 2 is 1.55 bits per heavy atom. The van der Waals surface area contributed by atoms with Crippen molar-refractivity contribution in [3.63, 3.8) is 0 Å². The van der Waals surface area contributed by atoms with Crippen molar-refractivity contribution in [1.29, 1.82) is 0 Å². The molecule has 0 heterocycles. The van der Waals surface area contributed by atoms with Crippen LogP contribution in [0.25, 0.3) is 0 Å². The molecule has 0 atom stereocenters. The van der Waals surface area contributed by atoms with Gasteiger partial charge in [0.2, 0.25) is 15.9 Å². The fourth-order valence-electron chi connectivity index (χ4n) is 3.79. The van der Waals surface area contributed by atoms with Gasteiger partial charge in [-0.15, -0.1) is 0 Å². The van der Waals surface area contributed by atoms with E-state index in [2.05, 4.69) is 5.32 Å². The number of carbonyl (C=O) groups is 2. The number of aryl methyl sites for hydroxylation is 1. The number of ketones is 1. The van der Waals surface area contributed by atoms with Crippen molar-refractivity contribution in [3.8, 4) is 0 Å². The summed E-state index contributed by atoms with van der Waals surface area (Å²) in [7, 11) is -4.10. The zero-order valence-electron chi connectivity index (χ0n) is 20.4. The molecule has 0 spiro atoms. The third-order valence-corrected chi connectivity index (χ3v) is 7.83. The molecule has 0 aromatic heterocycles. The molecular weight excluding hydrogens is 527 g/mol. The van der Waals surface area contributed by atoms with E-state index in [0.717, 1.165) is 9.87 Å². The minimum absolute atomic E-state index is 0.0180. The Bertz CT molecular complexity index is 1560. The molecule has 0 aliphatic carbocycles. The molecule has 0 fully saturated rings. The van der Waals surface area contributed by atoms with Crippen LogP contribution in [0.4, 0.5) is 10.1 Å². The molecule has 0 unspecified atom stereocenters. The van der Waals surface area contributed by atoms with Gasteiger partial charge in [0, 0.05) is 22.7 Å². The van der Waals surface area contributed by atoms with Crippen LogP contribution in [-0.4, -0.2) is 31.0 Å². The summed E-state index contributed by atoms with van der Waals surface area (Å²) in [5, 5.41) is 2.97. The van der Waals surface area contributed by atoms with Crippen LogP contribution in [0, 0.1) is 12.7 Å². The van der Waals surface area contributed by atoms with Crippen molar-refractivity contribution in [2.75, 3.05) is 11.9 Å². The van der Waals surface area contributed by atoms with Crippen LogP contribution in [0.2, 0.25) is 5.02 Å². The Balaban J connectivity index is 1.63. The first-order valence-electron chi connectivity index (χ1n) is 11.6. The van der Waals surface area contributed by atoms with Gasteiger partial charge in [-0.2, -0.15) is 4.31 Å². The summed E-state index contributed by atoms with van der Waals surface area (Å²) in [5.41, 5.74) is 2.16. The standard InChI is InChI=1S/C29H24ClFN2O4S/c1-20-7-14-25(15-8-20)38(36,37)33(18-21-9-12-24(31)13-10-21)19-28(34)32-27-16-11-23(30)17-26(27)29(35)22-5-3-2-4-6-22/h2-17H,18-19H2,1H3,(H,32,34). The molecule has 0 aliphatic heterocycles. The lowest BCUT2D eigenvalue weighted by atomic mass is 10.0. The molecule has 0 aliphatic rings. The summed E-state index contributed by atoms with van der Waals surface area (Å²) in [4.78, 5) is 26.3. The highest BCUT2D eigenvalue weighted by atomic mass is 35.5. The Kier molecular flexibility index (Phi) is 8.36. The van der Waals surface area contributed by atoms with Crippen LogP contribution in [0.1, 0.15) is 27.0 Å². The number of rotatable bonds is 9. The van der Waals surface area contributed by atoms with E-state index in [1.807, 2.05) is 6.92 Å². The number of amides is 1. The number of nitrogens with one attached hydrogen (secondary N) is 1. The monoisotopic (exact) mass is 550 g/mol. The van der Waals surface area contributed by atoms with Gasteiger partial charge in [0.15, 0.2) is 5.78 Å². The normalized spacial score (nSPS) is 11.4. The third kappa shape index (κ3) is 6.52. The van der Waals surface area contributed by atoms with Crippen LogP contribution in [0.5, 0.6) is 0 Å². The summed E-state index contributed by atoms with van der Waals surface area (Å²) in [5.74, 6) is -1.47. The third-order valence-electron chi connectivity index (χ3n) is 5.79. The average molecular weight is 551 g/mol. The van der Waals surface area contributed by atoms with Crippen molar-refractivity contribution in [2.45, 2.75) is 18.4 Å². The summed E-state index contributed by atoms with van der Waals surface area (Å²) in [6.45, 7) is 1.12. The first-order valence-corrected chi connectivity index (χ1v) is 13.5. The Hall–Kier alpha value is -3.85. The van der Waals surface area contributed by atoms with Crippen molar-refractivity contribution in [2.24, 2.45) is 0 Å². The van der Waals surface area contributed by atoms with Crippen LogP contribution in [-0.2, 0) is 21.4 Å². The lowest BCUT2D eigenvalue weighted by Crippen LogP contribution is -2.37. The Morgan fingerprint density at radius 3 is 2.21 bits per heavy atom. The molecule has 0 radical (unpaired) electrons. The first-order chi connectivity index (χ1) is 18.1. The number of halogens is 2.